The molecular formula is C10H16F4N2O3. The first-order valence-electron chi connectivity index (χ1n) is 5.49. The summed E-state index contributed by atoms with van der Waals surface area (Å²) in [7, 11) is 0. The second-order valence-corrected chi connectivity index (χ2v) is 4.41. The van der Waals surface area contributed by atoms with Crippen molar-refractivity contribution in [3.63, 3.8) is 0 Å². The van der Waals surface area contributed by atoms with Crippen LogP contribution in [0, 0.1) is 5.92 Å². The molecule has 0 aromatic heterocycles. The quantitative estimate of drug-likeness (QED) is 0.624. The third-order valence-electron chi connectivity index (χ3n) is 2.11. The highest BCUT2D eigenvalue weighted by molar-refractivity contribution is 5.82. The summed E-state index contributed by atoms with van der Waals surface area (Å²) >= 11 is 0. The number of aliphatic carboxylic acids is 1. The topological polar surface area (TPSA) is 78.4 Å². The SMILES string of the molecule is CC(C)C[C@H](NC(=O)NCC(F)(F)C(F)F)C(=O)O. The molecule has 0 aliphatic heterocycles. The van der Waals surface area contributed by atoms with Gasteiger partial charge in [0, 0.05) is 0 Å². The van der Waals surface area contributed by atoms with E-state index in [1.54, 1.807) is 13.8 Å². The number of urea groups is 1. The number of rotatable bonds is 7. The van der Waals surface area contributed by atoms with Crippen LogP contribution in [0.15, 0.2) is 0 Å². The van der Waals surface area contributed by atoms with E-state index in [-0.39, 0.29) is 12.3 Å². The largest absolute Gasteiger partial charge is 0.480 e. The van der Waals surface area contributed by atoms with Crippen LogP contribution < -0.4 is 10.6 Å². The molecule has 0 saturated carbocycles. The second-order valence-electron chi connectivity index (χ2n) is 4.41. The number of hydrogen-bond donors (Lipinski definition) is 3. The number of alkyl halides is 4. The summed E-state index contributed by atoms with van der Waals surface area (Å²) in [4.78, 5) is 21.9. The normalized spacial score (nSPS) is 13.5. The first-order chi connectivity index (χ1) is 8.56. The molecule has 0 fully saturated rings. The van der Waals surface area contributed by atoms with Crippen molar-refractivity contribution in [3.8, 4) is 0 Å². The van der Waals surface area contributed by atoms with Gasteiger partial charge in [-0.05, 0) is 12.3 Å². The Morgan fingerprint density at radius 1 is 1.26 bits per heavy atom. The minimum atomic E-state index is -4.35. The molecule has 0 bridgehead atoms. The van der Waals surface area contributed by atoms with Crippen LogP contribution >= 0.6 is 0 Å². The van der Waals surface area contributed by atoms with Gasteiger partial charge < -0.3 is 15.7 Å². The number of carbonyl (C=O) groups excluding carboxylic acids is 1. The highest BCUT2D eigenvalue weighted by Gasteiger charge is 2.41. The van der Waals surface area contributed by atoms with Gasteiger partial charge in [-0.15, -0.1) is 0 Å². The number of carbonyl (C=O) groups is 2. The van der Waals surface area contributed by atoms with Crippen LogP contribution in [-0.2, 0) is 4.79 Å². The van der Waals surface area contributed by atoms with E-state index in [2.05, 4.69) is 0 Å². The lowest BCUT2D eigenvalue weighted by molar-refractivity contribution is -0.139. The molecule has 0 heterocycles. The summed E-state index contributed by atoms with van der Waals surface area (Å²) in [5.74, 6) is -5.73. The second kappa shape index (κ2) is 7.15. The molecule has 0 aliphatic carbocycles. The van der Waals surface area contributed by atoms with Crippen molar-refractivity contribution in [2.24, 2.45) is 5.92 Å². The van der Waals surface area contributed by atoms with Gasteiger partial charge in [0.25, 0.3) is 0 Å². The van der Waals surface area contributed by atoms with Crippen molar-refractivity contribution in [1.82, 2.24) is 10.6 Å². The highest BCUT2D eigenvalue weighted by atomic mass is 19.3. The molecule has 0 saturated heterocycles. The van der Waals surface area contributed by atoms with E-state index >= 15 is 0 Å². The molecule has 5 nitrogen and oxygen atoms in total. The van der Waals surface area contributed by atoms with E-state index < -0.39 is 36.9 Å². The van der Waals surface area contributed by atoms with Crippen molar-refractivity contribution < 1.29 is 32.3 Å². The molecule has 0 aromatic rings. The monoisotopic (exact) mass is 288 g/mol. The molecule has 2 amide bonds. The van der Waals surface area contributed by atoms with Gasteiger partial charge in [0.2, 0.25) is 0 Å². The van der Waals surface area contributed by atoms with E-state index in [1.807, 2.05) is 5.32 Å². The number of amides is 2. The van der Waals surface area contributed by atoms with E-state index in [0.29, 0.717) is 0 Å². The molecule has 0 unspecified atom stereocenters. The first-order valence-corrected chi connectivity index (χ1v) is 5.49. The van der Waals surface area contributed by atoms with Crippen LogP contribution in [0.2, 0.25) is 0 Å². The van der Waals surface area contributed by atoms with Gasteiger partial charge in [0.05, 0.1) is 6.54 Å². The Hall–Kier alpha value is -1.54. The Labute approximate surface area is 107 Å². The smallest absolute Gasteiger partial charge is 0.326 e. The first kappa shape index (κ1) is 17.5. The van der Waals surface area contributed by atoms with Gasteiger partial charge in [0.15, 0.2) is 0 Å². The fraction of sp³-hybridized carbons (Fsp3) is 0.800. The van der Waals surface area contributed by atoms with Crippen LogP contribution in [0.4, 0.5) is 22.4 Å². The van der Waals surface area contributed by atoms with Crippen molar-refractivity contribution in [3.05, 3.63) is 0 Å². The molecule has 0 rings (SSSR count). The van der Waals surface area contributed by atoms with E-state index in [4.69, 9.17) is 5.11 Å². The Morgan fingerprint density at radius 2 is 1.79 bits per heavy atom. The van der Waals surface area contributed by atoms with Crippen molar-refractivity contribution >= 4 is 12.0 Å². The lowest BCUT2D eigenvalue weighted by Gasteiger charge is -2.19. The summed E-state index contributed by atoms with van der Waals surface area (Å²) in [6.07, 6.45) is -3.81. The summed E-state index contributed by atoms with van der Waals surface area (Å²) < 4.78 is 48.6. The molecule has 19 heavy (non-hydrogen) atoms. The maximum absolute atomic E-state index is 12.5. The van der Waals surface area contributed by atoms with Gasteiger partial charge >= 0.3 is 24.3 Å². The number of nitrogens with one attached hydrogen (secondary N) is 2. The zero-order valence-corrected chi connectivity index (χ0v) is 10.4. The van der Waals surface area contributed by atoms with Crippen LogP contribution in [0.5, 0.6) is 0 Å². The van der Waals surface area contributed by atoms with Crippen LogP contribution in [0.3, 0.4) is 0 Å². The lowest BCUT2D eigenvalue weighted by atomic mass is 10.0. The maximum Gasteiger partial charge on any atom is 0.326 e. The number of halogens is 4. The van der Waals surface area contributed by atoms with Crippen LogP contribution in [0.1, 0.15) is 20.3 Å². The predicted octanol–water partition coefficient (Wildman–Crippen LogP) is 1.69. The van der Waals surface area contributed by atoms with E-state index in [0.717, 1.165) is 0 Å². The van der Waals surface area contributed by atoms with Gasteiger partial charge in [-0.25, -0.2) is 18.4 Å². The molecule has 0 aromatic carbocycles. The summed E-state index contributed by atoms with van der Waals surface area (Å²) in [5, 5.41) is 12.2. The highest BCUT2D eigenvalue weighted by Crippen LogP contribution is 2.21. The minimum Gasteiger partial charge on any atom is -0.480 e. The zero-order chi connectivity index (χ0) is 15.2. The molecule has 0 spiro atoms. The van der Waals surface area contributed by atoms with Crippen molar-refractivity contribution in [2.75, 3.05) is 6.54 Å². The average Bonchev–Trinajstić information content (AvgIpc) is 2.24. The molecule has 9 heteroatoms. The number of carboxylic acid groups (broad SMARTS) is 1. The van der Waals surface area contributed by atoms with Gasteiger partial charge in [-0.1, -0.05) is 13.8 Å². The van der Waals surface area contributed by atoms with E-state index in [9.17, 15) is 27.2 Å². The maximum atomic E-state index is 12.5. The summed E-state index contributed by atoms with van der Waals surface area (Å²) in [5.41, 5.74) is 0. The van der Waals surface area contributed by atoms with Crippen LogP contribution in [0.25, 0.3) is 0 Å². The third-order valence-corrected chi connectivity index (χ3v) is 2.11. The summed E-state index contributed by atoms with van der Waals surface area (Å²) in [6.45, 7) is 1.85. The Morgan fingerprint density at radius 3 is 2.16 bits per heavy atom. The Balaban J connectivity index is 4.32. The Kier molecular flexibility index (Phi) is 6.57. The van der Waals surface area contributed by atoms with Gasteiger partial charge in [0.1, 0.15) is 6.04 Å². The Bertz CT molecular complexity index is 324. The van der Waals surface area contributed by atoms with Gasteiger partial charge in [-0.3, -0.25) is 0 Å². The molecular weight excluding hydrogens is 272 g/mol. The zero-order valence-electron chi connectivity index (χ0n) is 10.4. The summed E-state index contributed by atoms with van der Waals surface area (Å²) in [6, 6.07) is -2.49. The molecule has 112 valence electrons. The molecule has 0 radical (unpaired) electrons. The standard InChI is InChI=1S/C10H16F4N2O3/c1-5(2)3-6(7(17)18)16-9(19)15-4-10(13,14)8(11)12/h5-6,8H,3-4H2,1-2H3,(H,17,18)(H2,15,16,19)/t6-/m0/s1. The molecule has 3 N–H and O–H groups in total. The van der Waals surface area contributed by atoms with Crippen LogP contribution in [-0.4, -0.2) is 42.0 Å². The predicted molar refractivity (Wildman–Crippen MR) is 58.4 cm³/mol. The third kappa shape index (κ3) is 6.82. The van der Waals surface area contributed by atoms with Crippen molar-refractivity contribution in [2.45, 2.75) is 38.7 Å². The van der Waals surface area contributed by atoms with Gasteiger partial charge in [-0.2, -0.15) is 8.78 Å². The number of carboxylic acids is 1. The number of hydrogen-bond acceptors (Lipinski definition) is 2. The molecule has 0 aliphatic rings. The minimum absolute atomic E-state index is 0.0519. The lowest BCUT2D eigenvalue weighted by Crippen LogP contribution is -2.50. The average molecular weight is 288 g/mol. The van der Waals surface area contributed by atoms with E-state index in [1.165, 1.54) is 5.32 Å². The molecule has 1 atom stereocenters. The fourth-order valence-corrected chi connectivity index (χ4v) is 1.18. The fourth-order valence-electron chi connectivity index (χ4n) is 1.18. The van der Waals surface area contributed by atoms with Crippen molar-refractivity contribution in [1.29, 1.82) is 0 Å².